The Labute approximate surface area is 138 Å². The highest BCUT2D eigenvalue weighted by Crippen LogP contribution is 2.21. The van der Waals surface area contributed by atoms with Crippen LogP contribution in [0.4, 0.5) is 0 Å². The summed E-state index contributed by atoms with van der Waals surface area (Å²) in [6, 6.07) is 7.32. The lowest BCUT2D eigenvalue weighted by Gasteiger charge is -2.32. The second-order valence-electron chi connectivity index (χ2n) is 5.94. The number of amides is 1. The van der Waals surface area contributed by atoms with Crippen LogP contribution in [0, 0.1) is 0 Å². The van der Waals surface area contributed by atoms with Gasteiger partial charge in [-0.05, 0) is 31.0 Å². The number of fused-ring (bicyclic) bond motifs is 1. The lowest BCUT2D eigenvalue weighted by molar-refractivity contribution is 0.0670. The summed E-state index contributed by atoms with van der Waals surface area (Å²) >= 11 is 0. The molecule has 1 fully saturated rings. The zero-order chi connectivity index (χ0) is 16.5. The molecule has 0 aromatic carbocycles. The summed E-state index contributed by atoms with van der Waals surface area (Å²) in [5.74, 6) is -0.261. The Kier molecular flexibility index (Phi) is 3.60. The van der Waals surface area contributed by atoms with E-state index in [2.05, 4.69) is 10.1 Å². The predicted molar refractivity (Wildman–Crippen MR) is 87.9 cm³/mol. The van der Waals surface area contributed by atoms with Gasteiger partial charge in [0, 0.05) is 37.9 Å². The molecule has 1 saturated heterocycles. The topological polar surface area (TPSA) is 72.5 Å². The third-order valence-electron chi connectivity index (χ3n) is 4.43. The smallest absolute Gasteiger partial charge is 0.270 e. The van der Waals surface area contributed by atoms with Crippen LogP contribution < -0.4 is 5.56 Å². The Morgan fingerprint density at radius 1 is 1.21 bits per heavy atom. The number of hydrogen-bond donors (Lipinski definition) is 0. The highest BCUT2D eigenvalue weighted by Gasteiger charge is 2.27. The van der Waals surface area contributed by atoms with E-state index in [1.54, 1.807) is 29.4 Å². The molecule has 4 heterocycles. The number of pyridine rings is 1. The molecule has 1 aliphatic rings. The van der Waals surface area contributed by atoms with Crippen LogP contribution in [0.3, 0.4) is 0 Å². The maximum atomic E-state index is 12.8. The van der Waals surface area contributed by atoms with Crippen molar-refractivity contribution in [1.29, 1.82) is 0 Å². The largest absolute Gasteiger partial charge is 0.336 e. The number of carbonyl (C=O) groups excluding carboxylic acids is 1. The number of nitrogens with zero attached hydrogens (tertiary/aromatic N) is 5. The monoisotopic (exact) mass is 323 g/mol. The first-order valence-corrected chi connectivity index (χ1v) is 7.99. The standard InChI is InChI=1S/C17H17N5O2/c23-16(14-11-18-15-6-1-2-9-21(15)17(14)24)20-8-3-5-13(12-20)22-10-4-7-19-22/h1-2,4,6-7,9-11,13H,3,5,8,12H2. The van der Waals surface area contributed by atoms with E-state index in [-0.39, 0.29) is 23.1 Å². The van der Waals surface area contributed by atoms with Crippen LogP contribution >= 0.6 is 0 Å². The SMILES string of the molecule is O=C(c1cnc2ccccn2c1=O)N1CCCC(n2cccn2)C1. The molecular weight excluding hydrogens is 306 g/mol. The first-order chi connectivity index (χ1) is 11.7. The van der Waals surface area contributed by atoms with Gasteiger partial charge in [-0.15, -0.1) is 0 Å². The van der Waals surface area contributed by atoms with Crippen LogP contribution in [0.25, 0.3) is 5.65 Å². The lowest BCUT2D eigenvalue weighted by Crippen LogP contribution is -2.43. The fraction of sp³-hybridized carbons (Fsp3) is 0.294. The minimum atomic E-state index is -0.327. The van der Waals surface area contributed by atoms with Gasteiger partial charge in [-0.1, -0.05) is 6.07 Å². The molecule has 3 aromatic heterocycles. The number of likely N-dealkylation sites (tertiary alicyclic amines) is 1. The van der Waals surface area contributed by atoms with Crippen LogP contribution in [0.15, 0.2) is 53.8 Å². The molecule has 1 amide bonds. The van der Waals surface area contributed by atoms with Gasteiger partial charge < -0.3 is 4.90 Å². The third-order valence-corrected chi connectivity index (χ3v) is 4.43. The molecule has 7 heteroatoms. The van der Waals surface area contributed by atoms with Gasteiger partial charge in [0.25, 0.3) is 11.5 Å². The second kappa shape index (κ2) is 5.92. The number of hydrogen-bond acceptors (Lipinski definition) is 4. The molecule has 7 nitrogen and oxygen atoms in total. The van der Waals surface area contributed by atoms with E-state index >= 15 is 0 Å². The summed E-state index contributed by atoms with van der Waals surface area (Å²) in [5.41, 5.74) is 0.318. The molecule has 3 aromatic rings. The van der Waals surface area contributed by atoms with Gasteiger partial charge in [-0.2, -0.15) is 5.10 Å². The fourth-order valence-corrected chi connectivity index (χ4v) is 3.20. The molecule has 1 atom stereocenters. The van der Waals surface area contributed by atoms with Gasteiger partial charge in [0.15, 0.2) is 0 Å². The van der Waals surface area contributed by atoms with Crippen molar-refractivity contribution in [3.05, 3.63) is 65.0 Å². The highest BCUT2D eigenvalue weighted by molar-refractivity contribution is 5.93. The Morgan fingerprint density at radius 2 is 2.12 bits per heavy atom. The van der Waals surface area contributed by atoms with Gasteiger partial charge in [0.1, 0.15) is 11.2 Å². The average Bonchev–Trinajstić information content (AvgIpc) is 3.17. The van der Waals surface area contributed by atoms with Gasteiger partial charge in [0.05, 0.1) is 6.04 Å². The van der Waals surface area contributed by atoms with Crippen molar-refractivity contribution in [1.82, 2.24) is 24.1 Å². The average molecular weight is 323 g/mol. The normalized spacial score (nSPS) is 18.0. The van der Waals surface area contributed by atoms with Gasteiger partial charge in [-0.25, -0.2) is 4.98 Å². The van der Waals surface area contributed by atoms with Crippen LogP contribution in [-0.4, -0.2) is 43.1 Å². The van der Waals surface area contributed by atoms with Crippen LogP contribution in [0.5, 0.6) is 0 Å². The lowest BCUT2D eigenvalue weighted by atomic mass is 10.1. The summed E-state index contributed by atoms with van der Waals surface area (Å²) in [7, 11) is 0. The molecule has 122 valence electrons. The summed E-state index contributed by atoms with van der Waals surface area (Å²) < 4.78 is 3.28. The quantitative estimate of drug-likeness (QED) is 0.714. The molecule has 0 spiro atoms. The van der Waals surface area contributed by atoms with Crippen LogP contribution in [-0.2, 0) is 0 Å². The fourth-order valence-electron chi connectivity index (χ4n) is 3.20. The number of carbonyl (C=O) groups is 1. The van der Waals surface area contributed by atoms with Crippen molar-refractivity contribution in [3.8, 4) is 0 Å². The van der Waals surface area contributed by atoms with E-state index in [0.29, 0.717) is 18.7 Å². The van der Waals surface area contributed by atoms with E-state index in [1.165, 1.54) is 10.6 Å². The van der Waals surface area contributed by atoms with Gasteiger partial charge >= 0.3 is 0 Å². The number of aromatic nitrogens is 4. The van der Waals surface area contributed by atoms with Crippen molar-refractivity contribution in [3.63, 3.8) is 0 Å². The van der Waals surface area contributed by atoms with Crippen LogP contribution in [0.2, 0.25) is 0 Å². The summed E-state index contributed by atoms with van der Waals surface area (Å²) in [4.78, 5) is 31.4. The van der Waals surface area contributed by atoms with E-state index in [0.717, 1.165) is 12.8 Å². The number of piperidine rings is 1. The molecule has 1 unspecified atom stereocenters. The Hall–Kier alpha value is -2.96. The first kappa shape index (κ1) is 14.6. The minimum Gasteiger partial charge on any atom is -0.336 e. The minimum absolute atomic E-state index is 0.111. The van der Waals surface area contributed by atoms with Crippen molar-refractivity contribution < 1.29 is 4.79 Å². The molecule has 0 radical (unpaired) electrons. The van der Waals surface area contributed by atoms with Crippen molar-refractivity contribution in [2.75, 3.05) is 13.1 Å². The molecule has 24 heavy (non-hydrogen) atoms. The molecule has 0 saturated carbocycles. The Morgan fingerprint density at radius 3 is 2.96 bits per heavy atom. The van der Waals surface area contributed by atoms with Gasteiger partial charge in [0.2, 0.25) is 0 Å². The molecular formula is C17H17N5O2. The molecule has 1 aliphatic heterocycles. The molecule has 4 rings (SSSR count). The van der Waals surface area contributed by atoms with E-state index in [9.17, 15) is 9.59 Å². The zero-order valence-corrected chi connectivity index (χ0v) is 13.1. The number of rotatable bonds is 2. The predicted octanol–water partition coefficient (Wildman–Crippen LogP) is 1.37. The maximum Gasteiger partial charge on any atom is 0.270 e. The van der Waals surface area contributed by atoms with E-state index < -0.39 is 0 Å². The van der Waals surface area contributed by atoms with Gasteiger partial charge in [-0.3, -0.25) is 18.7 Å². The maximum absolute atomic E-state index is 12.8. The van der Waals surface area contributed by atoms with E-state index in [1.807, 2.05) is 23.0 Å². The third kappa shape index (κ3) is 2.47. The second-order valence-corrected chi connectivity index (χ2v) is 5.94. The Bertz CT molecular complexity index is 932. The summed E-state index contributed by atoms with van der Waals surface area (Å²) in [5, 5.41) is 4.27. The molecule has 0 aliphatic carbocycles. The van der Waals surface area contributed by atoms with Crippen LogP contribution in [0.1, 0.15) is 29.2 Å². The van der Waals surface area contributed by atoms with Crippen molar-refractivity contribution in [2.24, 2.45) is 0 Å². The van der Waals surface area contributed by atoms with E-state index in [4.69, 9.17) is 0 Å². The summed E-state index contributed by atoms with van der Waals surface area (Å²) in [6.45, 7) is 1.20. The van der Waals surface area contributed by atoms with Crippen molar-refractivity contribution in [2.45, 2.75) is 18.9 Å². The highest BCUT2D eigenvalue weighted by atomic mass is 16.2. The summed E-state index contributed by atoms with van der Waals surface area (Å²) in [6.07, 6.45) is 8.52. The van der Waals surface area contributed by atoms with Crippen molar-refractivity contribution >= 4 is 11.6 Å². The Balaban J connectivity index is 1.64. The molecule has 0 N–H and O–H groups in total. The first-order valence-electron chi connectivity index (χ1n) is 7.99. The zero-order valence-electron chi connectivity index (χ0n) is 13.1. The molecule has 0 bridgehead atoms.